The summed E-state index contributed by atoms with van der Waals surface area (Å²) in [7, 11) is 0. The molecular formula is C13H22N4O3. The van der Waals surface area contributed by atoms with Gasteiger partial charge in [0.05, 0.1) is 12.5 Å². The van der Waals surface area contributed by atoms with Gasteiger partial charge in [-0.1, -0.05) is 20.8 Å². The maximum atomic E-state index is 11.2. The van der Waals surface area contributed by atoms with Crippen molar-refractivity contribution in [3.63, 3.8) is 0 Å². The van der Waals surface area contributed by atoms with Crippen molar-refractivity contribution in [2.24, 2.45) is 5.41 Å². The summed E-state index contributed by atoms with van der Waals surface area (Å²) in [5.41, 5.74) is -0.789. The molecular weight excluding hydrogens is 260 g/mol. The summed E-state index contributed by atoms with van der Waals surface area (Å²) in [5.74, 6) is -0.236. The highest BCUT2D eigenvalue weighted by atomic mass is 16.5. The monoisotopic (exact) mass is 282 g/mol. The van der Waals surface area contributed by atoms with E-state index < -0.39 is 11.6 Å². The summed E-state index contributed by atoms with van der Waals surface area (Å²) in [5, 5.41) is 21.0. The number of hydrogen-bond donors (Lipinski definition) is 1. The molecule has 2 unspecified atom stereocenters. The number of rotatable bonds is 4. The Kier molecular flexibility index (Phi) is 3.82. The van der Waals surface area contributed by atoms with Crippen LogP contribution in [0.3, 0.4) is 0 Å². The first-order chi connectivity index (χ1) is 9.24. The van der Waals surface area contributed by atoms with Crippen molar-refractivity contribution in [2.45, 2.75) is 58.6 Å². The topological polar surface area (TPSA) is 90.1 Å². The third kappa shape index (κ3) is 2.82. The lowest BCUT2D eigenvalue weighted by molar-refractivity contribution is -0.139. The van der Waals surface area contributed by atoms with E-state index in [2.05, 4.69) is 15.5 Å². The van der Waals surface area contributed by atoms with Crippen molar-refractivity contribution >= 4 is 5.97 Å². The number of nitrogens with zero attached hydrogens (tertiary/aromatic N) is 4. The number of aliphatic carboxylic acids is 1. The maximum absolute atomic E-state index is 11.2. The van der Waals surface area contributed by atoms with Crippen LogP contribution in [0.2, 0.25) is 0 Å². The summed E-state index contributed by atoms with van der Waals surface area (Å²) in [6.45, 7) is 8.61. The van der Waals surface area contributed by atoms with Crippen LogP contribution in [0.4, 0.5) is 0 Å². The lowest BCUT2D eigenvalue weighted by atomic mass is 9.84. The average Bonchev–Trinajstić information content (AvgIpc) is 2.93. The van der Waals surface area contributed by atoms with Gasteiger partial charge in [-0.3, -0.25) is 4.79 Å². The largest absolute Gasteiger partial charge is 0.481 e. The average molecular weight is 282 g/mol. The number of aromatic nitrogens is 4. The first kappa shape index (κ1) is 14.9. The lowest BCUT2D eigenvalue weighted by Gasteiger charge is -2.32. The van der Waals surface area contributed by atoms with Crippen molar-refractivity contribution in [2.75, 3.05) is 6.61 Å². The normalized spacial score (nSPS) is 24.8. The molecule has 1 aromatic heterocycles. The van der Waals surface area contributed by atoms with Crippen molar-refractivity contribution in [3.8, 4) is 0 Å². The highest BCUT2D eigenvalue weighted by Crippen LogP contribution is 2.39. The molecule has 2 atom stereocenters. The molecule has 0 saturated carbocycles. The van der Waals surface area contributed by atoms with E-state index in [4.69, 9.17) is 9.84 Å². The molecule has 2 rings (SSSR count). The first-order valence-corrected chi connectivity index (χ1v) is 6.88. The summed E-state index contributed by atoms with van der Waals surface area (Å²) < 4.78 is 7.42. The van der Waals surface area contributed by atoms with Gasteiger partial charge in [0.2, 0.25) is 0 Å². The van der Waals surface area contributed by atoms with Crippen LogP contribution in [0.5, 0.6) is 0 Å². The van der Waals surface area contributed by atoms with E-state index in [9.17, 15) is 4.79 Å². The number of carboxylic acid groups (broad SMARTS) is 1. The van der Waals surface area contributed by atoms with Gasteiger partial charge in [0.25, 0.3) is 0 Å². The van der Waals surface area contributed by atoms with Crippen molar-refractivity contribution in [1.29, 1.82) is 0 Å². The Morgan fingerprint density at radius 3 is 2.75 bits per heavy atom. The van der Waals surface area contributed by atoms with Gasteiger partial charge in [0.1, 0.15) is 5.60 Å². The molecule has 1 saturated heterocycles. The Balaban J connectivity index is 2.40. The quantitative estimate of drug-likeness (QED) is 0.905. The van der Waals surface area contributed by atoms with Gasteiger partial charge in [0, 0.05) is 6.61 Å². The Bertz CT molecular complexity index is 486. The first-order valence-electron chi connectivity index (χ1n) is 6.88. The minimum Gasteiger partial charge on any atom is -0.481 e. The molecule has 2 heterocycles. The molecule has 0 bridgehead atoms. The van der Waals surface area contributed by atoms with E-state index in [1.165, 1.54) is 0 Å². The van der Waals surface area contributed by atoms with E-state index in [-0.39, 0.29) is 17.9 Å². The number of carbonyl (C=O) groups is 1. The van der Waals surface area contributed by atoms with Gasteiger partial charge in [0.15, 0.2) is 5.82 Å². The SMILES string of the molecule is CC1(c2nnnn2C(CC(=O)O)C(C)(C)C)CCCO1. The molecule has 112 valence electrons. The van der Waals surface area contributed by atoms with Crippen LogP contribution in [0.1, 0.15) is 58.8 Å². The molecule has 1 aromatic rings. The molecule has 7 nitrogen and oxygen atoms in total. The van der Waals surface area contributed by atoms with Crippen molar-refractivity contribution in [1.82, 2.24) is 20.2 Å². The maximum Gasteiger partial charge on any atom is 0.305 e. The third-order valence-electron chi connectivity index (χ3n) is 3.85. The van der Waals surface area contributed by atoms with Crippen LogP contribution < -0.4 is 0 Å². The Hall–Kier alpha value is -1.50. The van der Waals surface area contributed by atoms with Gasteiger partial charge in [-0.2, -0.15) is 0 Å². The Morgan fingerprint density at radius 1 is 1.55 bits per heavy atom. The Morgan fingerprint density at radius 2 is 2.25 bits per heavy atom. The van der Waals surface area contributed by atoms with Gasteiger partial charge < -0.3 is 9.84 Å². The van der Waals surface area contributed by atoms with Crippen molar-refractivity contribution < 1.29 is 14.6 Å². The van der Waals surface area contributed by atoms with E-state index in [0.717, 1.165) is 12.8 Å². The van der Waals surface area contributed by atoms with Crippen LogP contribution in [0.15, 0.2) is 0 Å². The number of tetrazole rings is 1. The zero-order valence-corrected chi connectivity index (χ0v) is 12.5. The van der Waals surface area contributed by atoms with E-state index >= 15 is 0 Å². The standard InChI is InChI=1S/C13H22N4O3/c1-12(2,3)9(8-10(18)19)17-11(14-15-16-17)13(4)6-5-7-20-13/h9H,5-8H2,1-4H3,(H,18,19). The zero-order chi connectivity index (χ0) is 15.0. The molecule has 0 spiro atoms. The predicted molar refractivity (Wildman–Crippen MR) is 71.1 cm³/mol. The molecule has 1 fully saturated rings. The van der Waals surface area contributed by atoms with Gasteiger partial charge in [-0.15, -0.1) is 5.10 Å². The minimum absolute atomic E-state index is 0.0163. The van der Waals surface area contributed by atoms with E-state index in [0.29, 0.717) is 12.4 Å². The summed E-state index contributed by atoms with van der Waals surface area (Å²) in [4.78, 5) is 11.2. The number of hydrogen-bond acceptors (Lipinski definition) is 5. The third-order valence-corrected chi connectivity index (χ3v) is 3.85. The second kappa shape index (κ2) is 5.12. The Labute approximate surface area is 118 Å². The zero-order valence-electron chi connectivity index (χ0n) is 12.5. The second-order valence-electron chi connectivity index (χ2n) is 6.61. The van der Waals surface area contributed by atoms with Crippen LogP contribution in [0, 0.1) is 5.41 Å². The fraction of sp³-hybridized carbons (Fsp3) is 0.846. The second-order valence-corrected chi connectivity index (χ2v) is 6.61. The fourth-order valence-electron chi connectivity index (χ4n) is 2.63. The van der Waals surface area contributed by atoms with Crippen LogP contribution in [0.25, 0.3) is 0 Å². The van der Waals surface area contributed by atoms with Crippen LogP contribution in [-0.2, 0) is 15.1 Å². The molecule has 0 aromatic carbocycles. The van der Waals surface area contributed by atoms with Gasteiger partial charge in [-0.05, 0) is 35.6 Å². The number of ether oxygens (including phenoxy) is 1. The fourth-order valence-corrected chi connectivity index (χ4v) is 2.63. The van der Waals surface area contributed by atoms with Crippen LogP contribution in [-0.4, -0.2) is 37.9 Å². The summed E-state index contributed by atoms with van der Waals surface area (Å²) in [6, 6.07) is -0.314. The van der Waals surface area contributed by atoms with Gasteiger partial charge >= 0.3 is 5.97 Å². The molecule has 1 aliphatic rings. The smallest absolute Gasteiger partial charge is 0.305 e. The highest BCUT2D eigenvalue weighted by molar-refractivity contribution is 5.67. The van der Waals surface area contributed by atoms with E-state index in [1.807, 2.05) is 27.7 Å². The van der Waals surface area contributed by atoms with Crippen molar-refractivity contribution in [3.05, 3.63) is 5.82 Å². The van der Waals surface area contributed by atoms with Gasteiger partial charge in [-0.25, -0.2) is 4.68 Å². The summed E-state index contributed by atoms with van der Waals surface area (Å²) in [6.07, 6.45) is 1.79. The summed E-state index contributed by atoms with van der Waals surface area (Å²) >= 11 is 0. The molecule has 7 heteroatoms. The highest BCUT2D eigenvalue weighted by Gasteiger charge is 2.41. The predicted octanol–water partition coefficient (Wildman–Crippen LogP) is 1.76. The molecule has 1 N–H and O–H groups in total. The number of carboxylic acids is 1. The molecule has 1 aliphatic heterocycles. The molecule has 0 amide bonds. The van der Waals surface area contributed by atoms with E-state index in [1.54, 1.807) is 4.68 Å². The molecule has 20 heavy (non-hydrogen) atoms. The molecule has 0 aliphatic carbocycles. The van der Waals surface area contributed by atoms with Crippen LogP contribution >= 0.6 is 0 Å². The molecule has 0 radical (unpaired) electrons. The lowest BCUT2D eigenvalue weighted by Crippen LogP contribution is -2.34. The minimum atomic E-state index is -0.858.